The summed E-state index contributed by atoms with van der Waals surface area (Å²) < 4.78 is 0. The Morgan fingerprint density at radius 1 is 1.05 bits per heavy atom. The van der Waals surface area contributed by atoms with Gasteiger partial charge in [-0.05, 0) is 37.7 Å². The van der Waals surface area contributed by atoms with Gasteiger partial charge in [-0.2, -0.15) is 0 Å². The van der Waals surface area contributed by atoms with Crippen LogP contribution >= 0.6 is 0 Å². The average Bonchev–Trinajstić information content (AvgIpc) is 2.48. The molecule has 0 heterocycles. The lowest BCUT2D eigenvalue weighted by Crippen LogP contribution is -2.32. The second-order valence-electron chi connectivity index (χ2n) is 5.28. The van der Waals surface area contributed by atoms with Crippen molar-refractivity contribution >= 4 is 11.6 Å². The molecule has 3 nitrogen and oxygen atoms in total. The molecule has 0 aliphatic carbocycles. The van der Waals surface area contributed by atoms with Crippen molar-refractivity contribution in [2.24, 2.45) is 0 Å². The lowest BCUT2D eigenvalue weighted by atomic mass is 10.0. The van der Waals surface area contributed by atoms with Gasteiger partial charge in [0.2, 0.25) is 5.91 Å². The van der Waals surface area contributed by atoms with E-state index in [1.807, 2.05) is 73.6 Å². The monoisotopic (exact) mass is 282 g/mol. The molecule has 0 aliphatic heterocycles. The zero-order chi connectivity index (χ0) is 15.2. The molecule has 0 aliphatic rings. The molecule has 2 aromatic rings. The number of amides is 1. The molecule has 110 valence electrons. The zero-order valence-electron chi connectivity index (χ0n) is 12.8. The number of benzene rings is 2. The van der Waals surface area contributed by atoms with Crippen molar-refractivity contribution in [1.29, 1.82) is 0 Å². The summed E-state index contributed by atoms with van der Waals surface area (Å²) >= 11 is 0. The van der Waals surface area contributed by atoms with Crippen LogP contribution in [0.3, 0.4) is 0 Å². The maximum atomic E-state index is 12.7. The van der Waals surface area contributed by atoms with Crippen LogP contribution in [-0.2, 0) is 11.2 Å². The van der Waals surface area contributed by atoms with Gasteiger partial charge in [-0.3, -0.25) is 9.69 Å². The smallest absolute Gasteiger partial charge is 0.246 e. The maximum Gasteiger partial charge on any atom is 0.246 e. The second kappa shape index (κ2) is 7.04. The number of nitrogens with one attached hydrogen (secondary N) is 1. The highest BCUT2D eigenvalue weighted by molar-refractivity contribution is 5.96. The number of para-hydroxylation sites is 1. The first-order valence-electron chi connectivity index (χ1n) is 7.23. The van der Waals surface area contributed by atoms with Crippen molar-refractivity contribution in [1.82, 2.24) is 4.90 Å². The van der Waals surface area contributed by atoms with Crippen LogP contribution in [0.2, 0.25) is 0 Å². The Labute approximate surface area is 126 Å². The Balaban J connectivity index is 2.24. The summed E-state index contributed by atoms with van der Waals surface area (Å²) in [5.41, 5.74) is 3.04. The van der Waals surface area contributed by atoms with Gasteiger partial charge in [-0.15, -0.1) is 0 Å². The van der Waals surface area contributed by atoms with E-state index in [1.165, 1.54) is 0 Å². The summed E-state index contributed by atoms with van der Waals surface area (Å²) in [5.74, 6) is -0.00731. The minimum atomic E-state index is -0.295. The third kappa shape index (κ3) is 3.70. The van der Waals surface area contributed by atoms with Crippen molar-refractivity contribution in [2.45, 2.75) is 19.4 Å². The number of hydrogen-bond acceptors (Lipinski definition) is 2. The molecule has 1 N–H and O–H groups in total. The highest BCUT2D eigenvalue weighted by atomic mass is 16.2. The zero-order valence-corrected chi connectivity index (χ0v) is 12.8. The lowest BCUT2D eigenvalue weighted by Gasteiger charge is -2.24. The fourth-order valence-electron chi connectivity index (χ4n) is 2.47. The van der Waals surface area contributed by atoms with E-state index in [9.17, 15) is 4.79 Å². The Kier molecular flexibility index (Phi) is 5.12. The standard InChI is InChI=1S/C18H22N2O/c1-4-14-10-8-9-13-16(14)19-18(21)17(20(2)3)15-11-6-5-7-12-15/h5-13,17H,4H2,1-3H3,(H,19,21). The van der Waals surface area contributed by atoms with E-state index in [1.54, 1.807) is 0 Å². The summed E-state index contributed by atoms with van der Waals surface area (Å²) in [7, 11) is 3.84. The van der Waals surface area contributed by atoms with Crippen LogP contribution in [0, 0.1) is 0 Å². The first-order chi connectivity index (χ1) is 10.1. The Morgan fingerprint density at radius 3 is 2.29 bits per heavy atom. The molecule has 21 heavy (non-hydrogen) atoms. The summed E-state index contributed by atoms with van der Waals surface area (Å²) in [6.07, 6.45) is 0.897. The minimum absolute atomic E-state index is 0.00731. The fraction of sp³-hybridized carbons (Fsp3) is 0.278. The van der Waals surface area contributed by atoms with Crippen molar-refractivity contribution in [2.75, 3.05) is 19.4 Å². The summed E-state index contributed by atoms with van der Waals surface area (Å²) in [6, 6.07) is 17.5. The van der Waals surface area contributed by atoms with Gasteiger partial charge in [0.1, 0.15) is 6.04 Å². The van der Waals surface area contributed by atoms with Gasteiger partial charge in [0, 0.05) is 5.69 Å². The highest BCUT2D eigenvalue weighted by Gasteiger charge is 2.23. The quantitative estimate of drug-likeness (QED) is 0.910. The summed E-state index contributed by atoms with van der Waals surface area (Å²) in [4.78, 5) is 14.6. The van der Waals surface area contributed by atoms with Crippen molar-refractivity contribution in [3.05, 3.63) is 65.7 Å². The fourth-order valence-corrected chi connectivity index (χ4v) is 2.47. The molecule has 0 bridgehead atoms. The van der Waals surface area contributed by atoms with Gasteiger partial charge in [0.05, 0.1) is 0 Å². The minimum Gasteiger partial charge on any atom is -0.324 e. The molecule has 0 fully saturated rings. The molecule has 1 unspecified atom stereocenters. The molecule has 0 saturated carbocycles. The first kappa shape index (κ1) is 15.3. The number of likely N-dealkylation sites (N-methyl/N-ethyl adjacent to an activating group) is 1. The molecular formula is C18H22N2O. The molecule has 0 aromatic heterocycles. The summed E-state index contributed by atoms with van der Waals surface area (Å²) in [5, 5.41) is 3.06. The summed E-state index contributed by atoms with van der Waals surface area (Å²) in [6.45, 7) is 2.09. The average molecular weight is 282 g/mol. The second-order valence-corrected chi connectivity index (χ2v) is 5.28. The number of carbonyl (C=O) groups is 1. The molecule has 1 amide bonds. The molecule has 2 aromatic carbocycles. The Bertz CT molecular complexity index is 593. The third-order valence-corrected chi connectivity index (χ3v) is 3.54. The maximum absolute atomic E-state index is 12.7. The van der Waals surface area contributed by atoms with Crippen LogP contribution in [0.5, 0.6) is 0 Å². The molecule has 2 rings (SSSR count). The van der Waals surface area contributed by atoms with Crippen LogP contribution < -0.4 is 5.32 Å². The SMILES string of the molecule is CCc1ccccc1NC(=O)C(c1ccccc1)N(C)C. The van der Waals surface area contributed by atoms with Crippen LogP contribution in [-0.4, -0.2) is 24.9 Å². The van der Waals surface area contributed by atoms with Crippen LogP contribution in [0.1, 0.15) is 24.1 Å². The molecule has 1 atom stereocenters. The van der Waals surface area contributed by atoms with Gasteiger partial charge >= 0.3 is 0 Å². The number of hydrogen-bond donors (Lipinski definition) is 1. The number of nitrogens with zero attached hydrogens (tertiary/aromatic N) is 1. The molecule has 0 saturated heterocycles. The van der Waals surface area contributed by atoms with Crippen LogP contribution in [0.4, 0.5) is 5.69 Å². The molecular weight excluding hydrogens is 260 g/mol. The predicted octanol–water partition coefficient (Wildman–Crippen LogP) is 3.49. The van der Waals surface area contributed by atoms with Crippen LogP contribution in [0.15, 0.2) is 54.6 Å². The molecule has 0 spiro atoms. The third-order valence-electron chi connectivity index (χ3n) is 3.54. The topological polar surface area (TPSA) is 32.3 Å². The number of carbonyl (C=O) groups excluding carboxylic acids is 1. The van der Waals surface area contributed by atoms with E-state index in [0.29, 0.717) is 0 Å². The molecule has 3 heteroatoms. The first-order valence-corrected chi connectivity index (χ1v) is 7.23. The van der Waals surface area contributed by atoms with E-state index in [-0.39, 0.29) is 11.9 Å². The van der Waals surface area contributed by atoms with Gasteiger partial charge in [0.15, 0.2) is 0 Å². The van der Waals surface area contributed by atoms with E-state index in [0.717, 1.165) is 23.2 Å². The highest BCUT2D eigenvalue weighted by Crippen LogP contribution is 2.22. The number of rotatable bonds is 5. The number of anilines is 1. The van der Waals surface area contributed by atoms with Gasteiger partial charge in [0.25, 0.3) is 0 Å². The molecule has 0 radical (unpaired) electrons. The largest absolute Gasteiger partial charge is 0.324 e. The Morgan fingerprint density at radius 2 is 1.67 bits per heavy atom. The van der Waals surface area contributed by atoms with E-state index in [2.05, 4.69) is 12.2 Å². The van der Waals surface area contributed by atoms with Crippen molar-refractivity contribution in [3.8, 4) is 0 Å². The lowest BCUT2D eigenvalue weighted by molar-refractivity contribution is -0.120. The van der Waals surface area contributed by atoms with Crippen molar-refractivity contribution < 1.29 is 4.79 Å². The van der Waals surface area contributed by atoms with Crippen molar-refractivity contribution in [3.63, 3.8) is 0 Å². The normalized spacial score (nSPS) is 12.2. The van der Waals surface area contributed by atoms with E-state index < -0.39 is 0 Å². The Hall–Kier alpha value is -2.13. The van der Waals surface area contributed by atoms with E-state index >= 15 is 0 Å². The van der Waals surface area contributed by atoms with Gasteiger partial charge in [-0.1, -0.05) is 55.5 Å². The van der Waals surface area contributed by atoms with Crippen LogP contribution in [0.25, 0.3) is 0 Å². The predicted molar refractivity (Wildman–Crippen MR) is 87.3 cm³/mol. The van der Waals surface area contributed by atoms with E-state index in [4.69, 9.17) is 0 Å². The number of aryl methyl sites for hydroxylation is 1. The van der Waals surface area contributed by atoms with Gasteiger partial charge in [-0.25, -0.2) is 0 Å². The van der Waals surface area contributed by atoms with Gasteiger partial charge < -0.3 is 5.32 Å².